The number of nitrogens with zero attached hydrogens (tertiary/aromatic N) is 4. The van der Waals surface area contributed by atoms with Gasteiger partial charge < -0.3 is 10.1 Å². The van der Waals surface area contributed by atoms with Crippen molar-refractivity contribution in [3.05, 3.63) is 58.9 Å². The minimum Gasteiger partial charge on any atom is -0.480 e. The highest BCUT2D eigenvalue weighted by atomic mass is 35.5. The third kappa shape index (κ3) is 3.52. The summed E-state index contributed by atoms with van der Waals surface area (Å²) in [5, 5.41) is 15.5. The second kappa shape index (κ2) is 7.10. The SMILES string of the molecule is COc1ccc2nnc(CNC(=O)/C=C/c3ccccc3Cl)n2n1. The number of carbonyl (C=O) groups excluding carboxylic acids is 1. The fourth-order valence-electron chi connectivity index (χ4n) is 2.04. The van der Waals surface area contributed by atoms with Gasteiger partial charge in [0.1, 0.15) is 0 Å². The Kier molecular flexibility index (Phi) is 4.72. The number of ether oxygens (including phenoxy) is 1. The van der Waals surface area contributed by atoms with Crippen molar-refractivity contribution in [3.63, 3.8) is 0 Å². The van der Waals surface area contributed by atoms with E-state index in [1.165, 1.54) is 17.7 Å². The third-order valence-corrected chi connectivity index (χ3v) is 3.60. The van der Waals surface area contributed by atoms with Gasteiger partial charge >= 0.3 is 0 Å². The summed E-state index contributed by atoms with van der Waals surface area (Å²) in [6, 6.07) is 10.7. The molecule has 0 saturated carbocycles. The van der Waals surface area contributed by atoms with Gasteiger partial charge in [0.2, 0.25) is 11.8 Å². The number of hydrogen-bond donors (Lipinski definition) is 1. The molecule has 0 fully saturated rings. The first kappa shape index (κ1) is 15.9. The molecule has 2 aromatic heterocycles. The smallest absolute Gasteiger partial charge is 0.244 e. The predicted octanol–water partition coefficient (Wildman–Crippen LogP) is 2.12. The quantitative estimate of drug-likeness (QED) is 0.718. The van der Waals surface area contributed by atoms with E-state index in [1.807, 2.05) is 18.2 Å². The molecule has 0 radical (unpaired) electrons. The van der Waals surface area contributed by atoms with Gasteiger partial charge in [-0.3, -0.25) is 4.79 Å². The number of carbonyl (C=O) groups is 1. The Morgan fingerprint density at radius 2 is 2.12 bits per heavy atom. The molecular weight excluding hydrogens is 330 g/mol. The summed E-state index contributed by atoms with van der Waals surface area (Å²) >= 11 is 6.04. The van der Waals surface area contributed by atoms with E-state index >= 15 is 0 Å². The van der Waals surface area contributed by atoms with E-state index in [0.29, 0.717) is 22.4 Å². The maximum absolute atomic E-state index is 11.9. The molecule has 1 amide bonds. The lowest BCUT2D eigenvalue weighted by Gasteiger charge is -2.02. The molecule has 0 saturated heterocycles. The monoisotopic (exact) mass is 343 g/mol. The lowest BCUT2D eigenvalue weighted by Crippen LogP contribution is -2.22. The minimum absolute atomic E-state index is 0.188. The van der Waals surface area contributed by atoms with Crippen LogP contribution in [0.1, 0.15) is 11.4 Å². The van der Waals surface area contributed by atoms with Gasteiger partial charge in [-0.1, -0.05) is 29.8 Å². The van der Waals surface area contributed by atoms with Crippen molar-refractivity contribution in [1.29, 1.82) is 0 Å². The van der Waals surface area contributed by atoms with Gasteiger partial charge in [0.25, 0.3) is 0 Å². The van der Waals surface area contributed by atoms with E-state index in [-0.39, 0.29) is 12.5 Å². The zero-order valence-corrected chi connectivity index (χ0v) is 13.6. The molecule has 122 valence electrons. The van der Waals surface area contributed by atoms with Crippen LogP contribution in [0.2, 0.25) is 5.02 Å². The zero-order valence-electron chi connectivity index (χ0n) is 12.8. The molecule has 24 heavy (non-hydrogen) atoms. The first-order valence-corrected chi connectivity index (χ1v) is 7.51. The molecule has 0 spiro atoms. The van der Waals surface area contributed by atoms with Crippen LogP contribution in [0.3, 0.4) is 0 Å². The molecular formula is C16H14ClN5O2. The fraction of sp³-hybridized carbons (Fsp3) is 0.125. The Hall–Kier alpha value is -2.93. The van der Waals surface area contributed by atoms with Crippen LogP contribution in [0.15, 0.2) is 42.5 Å². The van der Waals surface area contributed by atoms with Crippen molar-refractivity contribution < 1.29 is 9.53 Å². The standard InChI is InChI=1S/C16H14ClN5O2/c1-24-16-9-7-13-19-20-14(22(13)21-16)10-18-15(23)8-6-11-4-2-3-5-12(11)17/h2-9H,10H2,1H3,(H,18,23)/b8-6+. The van der Waals surface area contributed by atoms with Gasteiger partial charge in [-0.2, -0.15) is 4.52 Å². The van der Waals surface area contributed by atoms with Crippen molar-refractivity contribution in [1.82, 2.24) is 25.1 Å². The summed E-state index contributed by atoms with van der Waals surface area (Å²) < 4.78 is 6.60. The lowest BCUT2D eigenvalue weighted by molar-refractivity contribution is -0.116. The second-order valence-corrected chi connectivity index (χ2v) is 5.24. The molecule has 7 nitrogen and oxygen atoms in total. The fourth-order valence-corrected chi connectivity index (χ4v) is 2.24. The van der Waals surface area contributed by atoms with E-state index < -0.39 is 0 Å². The molecule has 0 bridgehead atoms. The molecule has 0 atom stereocenters. The number of halogens is 1. The highest BCUT2D eigenvalue weighted by Gasteiger charge is 2.08. The highest BCUT2D eigenvalue weighted by molar-refractivity contribution is 6.32. The van der Waals surface area contributed by atoms with Crippen LogP contribution < -0.4 is 10.1 Å². The van der Waals surface area contributed by atoms with Crippen LogP contribution in [0.25, 0.3) is 11.7 Å². The number of methoxy groups -OCH3 is 1. The Balaban J connectivity index is 1.67. The number of fused-ring (bicyclic) bond motifs is 1. The molecule has 1 N–H and O–H groups in total. The van der Waals surface area contributed by atoms with Gasteiger partial charge in [-0.15, -0.1) is 15.3 Å². The van der Waals surface area contributed by atoms with Crippen molar-refractivity contribution in [2.24, 2.45) is 0 Å². The summed E-state index contributed by atoms with van der Waals surface area (Å²) in [5.41, 5.74) is 1.35. The molecule has 0 aliphatic carbocycles. The topological polar surface area (TPSA) is 81.4 Å². The van der Waals surface area contributed by atoms with Crippen molar-refractivity contribution in [3.8, 4) is 5.88 Å². The minimum atomic E-state index is -0.269. The summed E-state index contributed by atoms with van der Waals surface area (Å²) in [6.45, 7) is 0.188. The van der Waals surface area contributed by atoms with E-state index in [9.17, 15) is 4.79 Å². The summed E-state index contributed by atoms with van der Waals surface area (Å²) in [6.07, 6.45) is 3.07. The van der Waals surface area contributed by atoms with Crippen LogP contribution in [-0.4, -0.2) is 32.8 Å². The number of hydrogen-bond acceptors (Lipinski definition) is 5. The van der Waals surface area contributed by atoms with Crippen LogP contribution in [0, 0.1) is 0 Å². The van der Waals surface area contributed by atoms with Gasteiger partial charge in [-0.05, 0) is 23.8 Å². The van der Waals surface area contributed by atoms with Gasteiger partial charge in [-0.25, -0.2) is 0 Å². The lowest BCUT2D eigenvalue weighted by atomic mass is 10.2. The van der Waals surface area contributed by atoms with Crippen LogP contribution in [-0.2, 0) is 11.3 Å². The number of benzene rings is 1. The van der Waals surface area contributed by atoms with Crippen LogP contribution in [0.5, 0.6) is 5.88 Å². The van der Waals surface area contributed by atoms with Gasteiger partial charge in [0.15, 0.2) is 11.5 Å². The van der Waals surface area contributed by atoms with Crippen LogP contribution in [0.4, 0.5) is 0 Å². The van der Waals surface area contributed by atoms with E-state index in [1.54, 1.807) is 24.3 Å². The van der Waals surface area contributed by atoms with Crippen LogP contribution >= 0.6 is 11.6 Å². The molecule has 1 aromatic carbocycles. The Morgan fingerprint density at radius 3 is 2.92 bits per heavy atom. The largest absolute Gasteiger partial charge is 0.480 e. The van der Waals surface area contributed by atoms with Gasteiger partial charge in [0, 0.05) is 17.2 Å². The molecule has 2 heterocycles. The highest BCUT2D eigenvalue weighted by Crippen LogP contribution is 2.16. The maximum Gasteiger partial charge on any atom is 0.244 e. The summed E-state index contributed by atoms with van der Waals surface area (Å²) in [4.78, 5) is 11.9. The number of amides is 1. The predicted molar refractivity (Wildman–Crippen MR) is 89.7 cm³/mol. The molecule has 0 unspecified atom stereocenters. The summed E-state index contributed by atoms with van der Waals surface area (Å²) in [5.74, 6) is 0.673. The average Bonchev–Trinajstić information content (AvgIpc) is 3.01. The van der Waals surface area contributed by atoms with E-state index in [0.717, 1.165) is 5.56 Å². The first-order valence-electron chi connectivity index (χ1n) is 7.13. The number of rotatable bonds is 5. The Labute approximate surface area is 142 Å². The van der Waals surface area contributed by atoms with E-state index in [2.05, 4.69) is 20.6 Å². The molecule has 8 heteroatoms. The van der Waals surface area contributed by atoms with Gasteiger partial charge in [0.05, 0.1) is 13.7 Å². The normalized spacial score (nSPS) is 11.1. The van der Waals surface area contributed by atoms with Crippen molar-refractivity contribution >= 4 is 29.2 Å². The Bertz CT molecular complexity index is 906. The third-order valence-electron chi connectivity index (χ3n) is 3.25. The van der Waals surface area contributed by atoms with Crippen molar-refractivity contribution in [2.45, 2.75) is 6.54 Å². The Morgan fingerprint density at radius 1 is 1.29 bits per heavy atom. The zero-order chi connectivity index (χ0) is 16.9. The number of aromatic nitrogens is 4. The molecule has 0 aliphatic rings. The second-order valence-electron chi connectivity index (χ2n) is 4.83. The molecule has 3 rings (SSSR count). The first-order chi connectivity index (χ1) is 11.7. The molecule has 0 aliphatic heterocycles. The van der Waals surface area contributed by atoms with E-state index in [4.69, 9.17) is 16.3 Å². The van der Waals surface area contributed by atoms with Crippen molar-refractivity contribution in [2.75, 3.05) is 7.11 Å². The maximum atomic E-state index is 11.9. The average molecular weight is 344 g/mol. The number of nitrogens with one attached hydrogen (secondary N) is 1. The summed E-state index contributed by atoms with van der Waals surface area (Å²) in [7, 11) is 1.53. The molecule has 3 aromatic rings.